The normalized spacial score (nSPS) is 24.4. The van der Waals surface area contributed by atoms with E-state index in [-0.39, 0.29) is 35.5 Å². The lowest BCUT2D eigenvalue weighted by Crippen LogP contribution is -2.48. The Hall–Kier alpha value is -3.00. The van der Waals surface area contributed by atoms with Crippen LogP contribution in [0.2, 0.25) is 0 Å². The number of nitrogens with one attached hydrogen (secondary N) is 1. The second-order valence-electron chi connectivity index (χ2n) is 10.5. The van der Waals surface area contributed by atoms with Gasteiger partial charge in [0.1, 0.15) is 6.04 Å². The summed E-state index contributed by atoms with van der Waals surface area (Å²) < 4.78 is 1.06. The van der Waals surface area contributed by atoms with Gasteiger partial charge in [-0.3, -0.25) is 19.3 Å². The number of halogens is 1. The molecule has 3 amide bonds. The summed E-state index contributed by atoms with van der Waals surface area (Å²) in [6.45, 7) is 4.03. The van der Waals surface area contributed by atoms with Crippen LogP contribution in [0.25, 0.3) is 0 Å². The molecular formula is C30H27IN2O3. The molecule has 6 heteroatoms. The fraction of sp³-hybridized carbons (Fsp3) is 0.300. The molecule has 3 atom stereocenters. The average Bonchev–Trinajstić information content (AvgIpc) is 3.14. The highest BCUT2D eigenvalue weighted by atomic mass is 127. The summed E-state index contributed by atoms with van der Waals surface area (Å²) >= 11 is 2.21. The maximum absolute atomic E-state index is 14.1. The molecule has 1 heterocycles. The SMILES string of the molecule is CC(C)C[C@@H](C(=O)Nc1ccc(I)cc1)N1C(=O)[C@@H]2C3c4ccccc4C(c4ccccc43)[C@@H]2C1=O. The van der Waals surface area contributed by atoms with Crippen molar-refractivity contribution >= 4 is 46.0 Å². The van der Waals surface area contributed by atoms with E-state index in [4.69, 9.17) is 0 Å². The molecule has 0 saturated carbocycles. The van der Waals surface area contributed by atoms with Crippen LogP contribution in [0.3, 0.4) is 0 Å². The van der Waals surface area contributed by atoms with Crippen molar-refractivity contribution in [3.8, 4) is 0 Å². The minimum atomic E-state index is -0.847. The van der Waals surface area contributed by atoms with Crippen LogP contribution in [0.15, 0.2) is 72.8 Å². The van der Waals surface area contributed by atoms with Crippen LogP contribution in [0.5, 0.6) is 0 Å². The number of anilines is 1. The fourth-order valence-corrected chi connectivity index (χ4v) is 6.90. The van der Waals surface area contributed by atoms with Crippen LogP contribution in [-0.2, 0) is 14.4 Å². The van der Waals surface area contributed by atoms with Gasteiger partial charge in [-0.25, -0.2) is 0 Å². The third-order valence-corrected chi connectivity index (χ3v) is 8.62. The largest absolute Gasteiger partial charge is 0.324 e. The van der Waals surface area contributed by atoms with Crippen LogP contribution >= 0.6 is 22.6 Å². The third kappa shape index (κ3) is 3.52. The number of hydrogen-bond acceptors (Lipinski definition) is 3. The van der Waals surface area contributed by atoms with E-state index >= 15 is 0 Å². The van der Waals surface area contributed by atoms with E-state index in [0.717, 1.165) is 25.8 Å². The predicted molar refractivity (Wildman–Crippen MR) is 146 cm³/mol. The van der Waals surface area contributed by atoms with E-state index in [9.17, 15) is 14.4 Å². The Labute approximate surface area is 224 Å². The van der Waals surface area contributed by atoms with Gasteiger partial charge in [0.25, 0.3) is 0 Å². The summed E-state index contributed by atoms with van der Waals surface area (Å²) in [5, 5.41) is 2.96. The van der Waals surface area contributed by atoms with E-state index in [0.29, 0.717) is 12.1 Å². The van der Waals surface area contributed by atoms with Crippen molar-refractivity contribution in [3.63, 3.8) is 0 Å². The summed E-state index contributed by atoms with van der Waals surface area (Å²) in [5.74, 6) is -1.92. The van der Waals surface area contributed by atoms with Gasteiger partial charge in [0, 0.05) is 21.1 Å². The Bertz CT molecular complexity index is 1270. The lowest BCUT2D eigenvalue weighted by molar-refractivity contribution is -0.147. The summed E-state index contributed by atoms with van der Waals surface area (Å²) in [6, 6.07) is 23.1. The summed E-state index contributed by atoms with van der Waals surface area (Å²) in [7, 11) is 0. The first-order valence-electron chi connectivity index (χ1n) is 12.5. The lowest BCUT2D eigenvalue weighted by Gasteiger charge is -2.45. The van der Waals surface area contributed by atoms with Gasteiger partial charge in [-0.1, -0.05) is 62.4 Å². The van der Waals surface area contributed by atoms with Gasteiger partial charge in [0.2, 0.25) is 17.7 Å². The zero-order valence-corrected chi connectivity index (χ0v) is 22.3. The maximum Gasteiger partial charge on any atom is 0.247 e. The topological polar surface area (TPSA) is 66.5 Å². The molecule has 3 aromatic rings. The predicted octanol–water partition coefficient (Wildman–Crippen LogP) is 5.54. The lowest BCUT2D eigenvalue weighted by atomic mass is 9.55. The number of amides is 3. The Morgan fingerprint density at radius 1 is 0.806 bits per heavy atom. The average molecular weight is 590 g/mol. The molecule has 0 aromatic heterocycles. The van der Waals surface area contributed by atoms with Crippen molar-refractivity contribution in [1.29, 1.82) is 0 Å². The third-order valence-electron chi connectivity index (χ3n) is 7.90. The number of hydrogen-bond donors (Lipinski definition) is 1. The first-order valence-corrected chi connectivity index (χ1v) is 13.6. The van der Waals surface area contributed by atoms with E-state index in [1.54, 1.807) is 0 Å². The maximum atomic E-state index is 14.1. The second kappa shape index (κ2) is 8.83. The van der Waals surface area contributed by atoms with E-state index < -0.39 is 17.9 Å². The van der Waals surface area contributed by atoms with Gasteiger partial charge in [0.15, 0.2) is 0 Å². The number of carbonyl (C=O) groups is 3. The second-order valence-corrected chi connectivity index (χ2v) is 11.7. The van der Waals surface area contributed by atoms with Crippen LogP contribution in [0.1, 0.15) is 54.4 Å². The number of benzene rings is 3. The highest BCUT2D eigenvalue weighted by Gasteiger charge is 2.63. The molecule has 0 radical (unpaired) electrons. The molecule has 2 bridgehead atoms. The van der Waals surface area contributed by atoms with E-state index in [2.05, 4.69) is 52.2 Å². The summed E-state index contributed by atoms with van der Waals surface area (Å²) in [4.78, 5) is 43.1. The van der Waals surface area contributed by atoms with Crippen molar-refractivity contribution in [2.24, 2.45) is 17.8 Å². The molecule has 0 unspecified atom stereocenters. The quantitative estimate of drug-likeness (QED) is 0.314. The Balaban J connectivity index is 1.41. The first kappa shape index (κ1) is 23.4. The molecule has 5 nitrogen and oxygen atoms in total. The zero-order valence-electron chi connectivity index (χ0n) is 20.1. The number of nitrogens with zero attached hydrogens (tertiary/aromatic N) is 1. The van der Waals surface area contributed by atoms with Crippen LogP contribution in [0.4, 0.5) is 5.69 Å². The van der Waals surface area contributed by atoms with E-state index in [1.165, 1.54) is 4.90 Å². The molecule has 7 rings (SSSR count). The van der Waals surface area contributed by atoms with Crippen molar-refractivity contribution < 1.29 is 14.4 Å². The highest BCUT2D eigenvalue weighted by molar-refractivity contribution is 14.1. The molecule has 1 fully saturated rings. The van der Waals surface area contributed by atoms with Gasteiger partial charge in [-0.05, 0) is 81.4 Å². The molecule has 1 aliphatic heterocycles. The molecule has 0 spiro atoms. The van der Waals surface area contributed by atoms with Crippen LogP contribution in [-0.4, -0.2) is 28.7 Å². The highest BCUT2D eigenvalue weighted by Crippen LogP contribution is 2.61. The van der Waals surface area contributed by atoms with Gasteiger partial charge >= 0.3 is 0 Å². The smallest absolute Gasteiger partial charge is 0.247 e. The zero-order chi connectivity index (χ0) is 25.1. The number of imide groups is 1. The molecule has 36 heavy (non-hydrogen) atoms. The standard InChI is InChI=1S/C30H27IN2O3/c1-16(2)15-23(28(34)32-18-13-11-17(31)12-14-18)33-29(35)26-24-19-7-3-4-8-20(19)25(27(26)30(33)36)22-10-6-5-9-21(22)24/h3-14,16,23-27H,15H2,1-2H3,(H,32,34)/t23-,24?,25?,26-,27+/m0/s1. The molecule has 182 valence electrons. The van der Waals surface area contributed by atoms with Crippen molar-refractivity contribution in [3.05, 3.63) is 98.6 Å². The number of carbonyl (C=O) groups excluding carboxylic acids is 3. The first-order chi connectivity index (χ1) is 17.4. The van der Waals surface area contributed by atoms with Gasteiger partial charge in [-0.2, -0.15) is 0 Å². The molecular weight excluding hydrogens is 563 g/mol. The van der Waals surface area contributed by atoms with Crippen molar-refractivity contribution in [1.82, 2.24) is 4.90 Å². The van der Waals surface area contributed by atoms with Crippen LogP contribution in [0, 0.1) is 21.3 Å². The van der Waals surface area contributed by atoms with E-state index in [1.807, 2.05) is 62.4 Å². The fourth-order valence-electron chi connectivity index (χ4n) is 6.54. The minimum absolute atomic E-state index is 0.131. The van der Waals surface area contributed by atoms with Gasteiger partial charge in [-0.15, -0.1) is 0 Å². The molecule has 1 saturated heterocycles. The number of likely N-dealkylation sites (tertiary alicyclic amines) is 1. The van der Waals surface area contributed by atoms with Crippen LogP contribution < -0.4 is 5.32 Å². The Morgan fingerprint density at radius 2 is 1.25 bits per heavy atom. The Morgan fingerprint density at radius 3 is 1.67 bits per heavy atom. The molecule has 1 N–H and O–H groups in total. The molecule has 3 aromatic carbocycles. The molecule has 4 aliphatic rings. The minimum Gasteiger partial charge on any atom is -0.324 e. The summed E-state index contributed by atoms with van der Waals surface area (Å²) in [6.07, 6.45) is 0.419. The molecule has 3 aliphatic carbocycles. The number of rotatable bonds is 5. The Kier molecular flexibility index (Phi) is 5.74. The van der Waals surface area contributed by atoms with Crippen molar-refractivity contribution in [2.45, 2.75) is 38.1 Å². The monoisotopic (exact) mass is 590 g/mol. The summed E-state index contributed by atoms with van der Waals surface area (Å²) in [5.41, 5.74) is 5.19. The van der Waals surface area contributed by atoms with Gasteiger partial charge in [0.05, 0.1) is 11.8 Å². The van der Waals surface area contributed by atoms with Gasteiger partial charge < -0.3 is 5.32 Å². The van der Waals surface area contributed by atoms with Crippen molar-refractivity contribution in [2.75, 3.05) is 5.32 Å².